The van der Waals surface area contributed by atoms with Crippen molar-refractivity contribution in [3.05, 3.63) is 64.7 Å². The van der Waals surface area contributed by atoms with E-state index >= 15 is 0 Å². The fourth-order valence-electron chi connectivity index (χ4n) is 4.39. The van der Waals surface area contributed by atoms with Gasteiger partial charge in [0.1, 0.15) is 17.6 Å². The first-order chi connectivity index (χ1) is 20.0. The maximum atomic E-state index is 14.5. The average Bonchev–Trinajstić information content (AvgIpc) is 2.95. The normalized spacial score (nSPS) is 13.9. The van der Waals surface area contributed by atoms with E-state index in [4.69, 9.17) is 24.6 Å². The number of nitrogens with one attached hydrogen (secondary N) is 3. The van der Waals surface area contributed by atoms with E-state index in [-0.39, 0.29) is 36.7 Å². The van der Waals surface area contributed by atoms with Crippen molar-refractivity contribution in [2.75, 3.05) is 38.7 Å². The van der Waals surface area contributed by atoms with Crippen LogP contribution in [0.3, 0.4) is 0 Å². The zero-order valence-electron chi connectivity index (χ0n) is 25.1. The third kappa shape index (κ3) is 9.92. The number of ether oxygens (including phenoxy) is 3. The zero-order chi connectivity index (χ0) is 30.7. The fraction of sp³-hybridized carbons (Fsp3) is 0.484. The van der Waals surface area contributed by atoms with Gasteiger partial charge in [-0.05, 0) is 69.9 Å². The van der Waals surface area contributed by atoms with Crippen LogP contribution in [0.15, 0.2) is 42.1 Å². The topological polar surface area (TPSA) is 139 Å². The lowest BCUT2D eigenvalue weighted by atomic mass is 10.0. The first kappa shape index (κ1) is 32.7. The summed E-state index contributed by atoms with van der Waals surface area (Å²) in [4.78, 5) is 30.7. The van der Waals surface area contributed by atoms with Crippen LogP contribution < -0.4 is 20.7 Å². The average molecular weight is 585 g/mol. The molecule has 42 heavy (non-hydrogen) atoms. The number of benzene rings is 1. The Hall–Kier alpha value is -3.83. The van der Waals surface area contributed by atoms with Gasteiger partial charge in [0.25, 0.3) is 5.91 Å². The van der Waals surface area contributed by atoms with Crippen molar-refractivity contribution in [3.63, 3.8) is 0 Å². The molecule has 0 spiro atoms. The highest BCUT2D eigenvalue weighted by molar-refractivity contribution is 6.20. The standard InChI is InChI=1S/C31H42FN5O5/c1-6-41-28(38)17-26(21-10-12-27(40-5)24(32)16-21)37-30(39)23(25(33)19-42-31(2,3)4)18-34-15-13-22-11-9-20-8-7-14-35-29(20)36-22/h9-12,16,18,26,33-34H,6-8,13-15,17,19H2,1-5H3,(H,35,36)(H,37,39)/p+1/b23-18+,33-25?/t26-/m0/s1. The van der Waals surface area contributed by atoms with Crippen LogP contribution in [0.2, 0.25) is 0 Å². The van der Waals surface area contributed by atoms with Gasteiger partial charge in [0.2, 0.25) is 0 Å². The van der Waals surface area contributed by atoms with E-state index in [2.05, 4.69) is 16.7 Å². The van der Waals surface area contributed by atoms with Gasteiger partial charge in [-0.2, -0.15) is 0 Å². The molecule has 1 atom stereocenters. The predicted molar refractivity (Wildman–Crippen MR) is 158 cm³/mol. The number of fused-ring (bicyclic) bond motifs is 1. The van der Waals surface area contributed by atoms with Crippen LogP contribution in [0.4, 0.5) is 10.2 Å². The molecule has 11 heteroatoms. The number of nitrogens with two attached hydrogens (primary N) is 1. The molecule has 0 unspecified atom stereocenters. The number of anilines is 1. The van der Waals surface area contributed by atoms with Gasteiger partial charge in [-0.3, -0.25) is 9.59 Å². The SMILES string of the molecule is CCOC(=O)C[C@H](NC(=O)/C(=C/[NH2+]CCc1ccc2c(n1)NCCC2)C(=N)COC(C)(C)C)c1ccc(OC)c(F)c1. The van der Waals surface area contributed by atoms with Crippen molar-refractivity contribution in [1.29, 1.82) is 5.41 Å². The molecule has 2 aromatic rings. The summed E-state index contributed by atoms with van der Waals surface area (Å²) in [5, 5.41) is 16.6. The number of amides is 1. The lowest BCUT2D eigenvalue weighted by Gasteiger charge is -2.22. The van der Waals surface area contributed by atoms with Crippen molar-refractivity contribution in [1.82, 2.24) is 10.3 Å². The molecule has 0 saturated carbocycles. The molecule has 5 N–H and O–H groups in total. The Kier molecular flexibility index (Phi) is 12.0. The molecule has 1 aromatic heterocycles. The van der Waals surface area contributed by atoms with Gasteiger partial charge in [-0.25, -0.2) is 9.37 Å². The minimum Gasteiger partial charge on any atom is -0.494 e. The van der Waals surface area contributed by atoms with E-state index in [0.29, 0.717) is 18.5 Å². The second-order valence-corrected chi connectivity index (χ2v) is 11.0. The summed E-state index contributed by atoms with van der Waals surface area (Å²) in [7, 11) is 1.35. The van der Waals surface area contributed by atoms with Crippen molar-refractivity contribution in [2.45, 2.75) is 65.0 Å². The lowest BCUT2D eigenvalue weighted by molar-refractivity contribution is -0.587. The van der Waals surface area contributed by atoms with Gasteiger partial charge in [0.05, 0.1) is 50.6 Å². The zero-order valence-corrected chi connectivity index (χ0v) is 25.1. The Morgan fingerprint density at radius 1 is 1.26 bits per heavy atom. The summed E-state index contributed by atoms with van der Waals surface area (Å²) >= 11 is 0. The number of nitrogens with zero attached hydrogens (tertiary/aromatic N) is 1. The second-order valence-electron chi connectivity index (χ2n) is 11.0. The summed E-state index contributed by atoms with van der Waals surface area (Å²) in [6.07, 6.45) is 4.14. The van der Waals surface area contributed by atoms with Crippen molar-refractivity contribution >= 4 is 23.4 Å². The number of aromatic nitrogens is 1. The van der Waals surface area contributed by atoms with Crippen LogP contribution >= 0.6 is 0 Å². The number of carbonyl (C=O) groups excluding carboxylic acids is 2. The molecule has 3 rings (SSSR count). The van der Waals surface area contributed by atoms with Gasteiger partial charge in [0, 0.05) is 18.7 Å². The molecule has 0 fully saturated rings. The minimum atomic E-state index is -0.899. The molecule has 1 aromatic carbocycles. The van der Waals surface area contributed by atoms with E-state index in [0.717, 1.165) is 30.9 Å². The van der Waals surface area contributed by atoms with E-state index in [1.807, 2.05) is 32.2 Å². The molecule has 0 bridgehead atoms. The van der Waals surface area contributed by atoms with Crippen LogP contribution in [0, 0.1) is 11.2 Å². The number of hydrogen-bond donors (Lipinski definition) is 4. The van der Waals surface area contributed by atoms with E-state index in [1.165, 1.54) is 24.8 Å². The third-order valence-corrected chi connectivity index (χ3v) is 6.58. The Labute approximate surface area is 246 Å². The second kappa shape index (κ2) is 15.4. The summed E-state index contributed by atoms with van der Waals surface area (Å²) in [5.74, 6) is -0.789. The van der Waals surface area contributed by atoms with Gasteiger partial charge < -0.3 is 35.6 Å². The highest BCUT2D eigenvalue weighted by atomic mass is 19.1. The first-order valence-corrected chi connectivity index (χ1v) is 14.3. The van der Waals surface area contributed by atoms with E-state index in [9.17, 15) is 14.0 Å². The number of hydrogen-bond acceptors (Lipinski definition) is 8. The minimum absolute atomic E-state index is 0.0226. The van der Waals surface area contributed by atoms with Crippen molar-refractivity contribution in [3.8, 4) is 5.75 Å². The summed E-state index contributed by atoms with van der Waals surface area (Å²) in [6.45, 7) is 8.86. The molecule has 228 valence electrons. The number of carbonyl (C=O) groups is 2. The van der Waals surface area contributed by atoms with E-state index in [1.54, 1.807) is 19.2 Å². The summed E-state index contributed by atoms with van der Waals surface area (Å²) in [6, 6.07) is 7.45. The van der Waals surface area contributed by atoms with Gasteiger partial charge in [0.15, 0.2) is 11.6 Å². The van der Waals surface area contributed by atoms with Crippen molar-refractivity contribution < 1.29 is 33.5 Å². The number of esters is 1. The molecule has 2 heterocycles. The molecule has 10 nitrogen and oxygen atoms in total. The van der Waals surface area contributed by atoms with Crippen molar-refractivity contribution in [2.24, 2.45) is 0 Å². The number of aryl methyl sites for hydroxylation is 1. The molecule has 0 radical (unpaired) electrons. The molecule has 0 saturated heterocycles. The molecular formula is C31H43FN5O5+. The number of rotatable bonds is 14. The van der Waals surface area contributed by atoms with E-state index < -0.39 is 29.3 Å². The quantitative estimate of drug-likeness (QED) is 0.116. The number of methoxy groups -OCH3 is 1. The van der Waals surface area contributed by atoms with Gasteiger partial charge >= 0.3 is 5.97 Å². The number of pyridine rings is 1. The largest absolute Gasteiger partial charge is 0.494 e. The van der Waals surface area contributed by atoms with Gasteiger partial charge in [-0.1, -0.05) is 12.1 Å². The maximum absolute atomic E-state index is 14.5. The lowest BCUT2D eigenvalue weighted by Crippen LogP contribution is -2.79. The fourth-order valence-corrected chi connectivity index (χ4v) is 4.39. The smallest absolute Gasteiger partial charge is 0.308 e. The Balaban J connectivity index is 1.78. The van der Waals surface area contributed by atoms with Crippen LogP contribution in [0.1, 0.15) is 63.4 Å². The Morgan fingerprint density at radius 2 is 2.05 bits per heavy atom. The predicted octanol–water partition coefficient (Wildman–Crippen LogP) is 3.22. The van der Waals surface area contributed by atoms with Gasteiger partial charge in [-0.15, -0.1) is 0 Å². The van der Waals surface area contributed by atoms with Crippen LogP contribution in [-0.2, 0) is 31.9 Å². The van der Waals surface area contributed by atoms with Crippen LogP contribution in [0.25, 0.3) is 0 Å². The summed E-state index contributed by atoms with van der Waals surface area (Å²) < 4.78 is 30.4. The monoisotopic (exact) mass is 584 g/mol. The van der Waals surface area contributed by atoms with Crippen LogP contribution in [-0.4, -0.2) is 61.6 Å². The summed E-state index contributed by atoms with van der Waals surface area (Å²) in [5.41, 5.74) is 2.06. The van der Waals surface area contributed by atoms with Crippen LogP contribution in [0.5, 0.6) is 5.75 Å². The molecule has 1 aliphatic rings. The Morgan fingerprint density at radius 3 is 2.74 bits per heavy atom. The Bertz CT molecular complexity index is 1290. The number of quaternary nitrogens is 1. The molecule has 0 aliphatic carbocycles. The number of halogens is 1. The highest BCUT2D eigenvalue weighted by Gasteiger charge is 2.26. The molecule has 1 aliphatic heterocycles. The molecular weight excluding hydrogens is 541 g/mol. The third-order valence-electron chi connectivity index (χ3n) is 6.58. The highest BCUT2D eigenvalue weighted by Crippen LogP contribution is 2.25. The first-order valence-electron chi connectivity index (χ1n) is 14.3. The maximum Gasteiger partial charge on any atom is 0.308 e. The molecule has 1 amide bonds.